The molecule has 0 amide bonds. The second-order valence-corrected chi connectivity index (χ2v) is 19.9. The number of Topliss-reactive ketones (excluding diaryl/α,β-unsaturated/α-hetero) is 2. The van der Waals surface area contributed by atoms with E-state index in [9.17, 15) is 50.1 Å². The van der Waals surface area contributed by atoms with Crippen molar-refractivity contribution < 1.29 is 54.9 Å². The highest BCUT2D eigenvalue weighted by molar-refractivity contribution is 5.96. The molecule has 16 atom stereocenters. The SMILES string of the molecule is C/C=C(/C)C(=O)O[C@H]1C(C)=CC23C(=O)[C@@H](C=C(CO)[C@@H](O)[C@]12O)[C@H]1[C@@H](CC3C)C1(C)C.CC1=CC23C(=O)[C@@H](C=C(CO)[C@@H](O)[C@]2(O)[C@H]1O)[C@H]1[C@@H](CC3C)C1(C)C. The Kier molecular flexibility index (Phi) is 9.51. The Labute approximate surface area is 329 Å². The summed E-state index contributed by atoms with van der Waals surface area (Å²) in [5.74, 6) is -1.41. The maximum atomic E-state index is 14.2. The third kappa shape index (κ3) is 4.85. The molecule has 2 spiro atoms. The van der Waals surface area contributed by atoms with Gasteiger partial charge in [-0.1, -0.05) is 71.9 Å². The van der Waals surface area contributed by atoms with E-state index >= 15 is 0 Å². The molecule has 0 radical (unpaired) electrons. The standard InChI is InChI=1S/C25H34O6.C20H28O5/c1-7-12(2)22(29)31-21-13(3)10-24-14(4)8-17-18(23(17,5)6)16(20(24)28)9-15(11-26)19(27)25(21,24)30;1-9-7-19-10(2)5-13-14(18(13,3)4)12(17(19)24)6-11(8-21)16(23)20(19,25)15(9)22/h7,9-10,14,16-19,21,26-27,30H,8,11H2,1-6H3;6-7,10,12-16,21-23,25H,5,8H2,1-4H3/b12-7-;/t14?,16-,17+,18-,19+,21-,24?,25-;10?,12-,13+,14-,15-,16+,19?,20+/m00/s1. The Morgan fingerprint density at radius 1 is 0.750 bits per heavy atom. The highest BCUT2D eigenvalue weighted by Crippen LogP contribution is 2.73. The van der Waals surface area contributed by atoms with Crippen molar-refractivity contribution in [1.82, 2.24) is 0 Å². The fraction of sp³-hybridized carbons (Fsp3) is 0.711. The van der Waals surface area contributed by atoms with E-state index in [0.717, 1.165) is 12.8 Å². The van der Waals surface area contributed by atoms with Gasteiger partial charge in [0.2, 0.25) is 0 Å². The van der Waals surface area contributed by atoms with Crippen molar-refractivity contribution in [2.45, 2.75) is 118 Å². The van der Waals surface area contributed by atoms with E-state index in [-0.39, 0.29) is 57.2 Å². The van der Waals surface area contributed by atoms with Crippen molar-refractivity contribution in [3.05, 3.63) is 58.2 Å². The number of carbonyl (C=O) groups is 3. The van der Waals surface area contributed by atoms with Crippen LogP contribution in [0.25, 0.3) is 0 Å². The molecule has 7 N–H and O–H groups in total. The molecule has 4 fully saturated rings. The van der Waals surface area contributed by atoms with Crippen LogP contribution in [0.5, 0.6) is 0 Å². The molecular formula is C45H62O11. The van der Waals surface area contributed by atoms with E-state index in [1.54, 1.807) is 58.1 Å². The molecule has 8 aliphatic carbocycles. The molecule has 0 aromatic carbocycles. The van der Waals surface area contributed by atoms with Crippen LogP contribution in [0.3, 0.4) is 0 Å². The van der Waals surface area contributed by atoms with Gasteiger partial charge in [0.25, 0.3) is 0 Å². The molecule has 0 saturated heterocycles. The maximum Gasteiger partial charge on any atom is 0.334 e. The summed E-state index contributed by atoms with van der Waals surface area (Å²) in [5.41, 5.74) is -4.95. The summed E-state index contributed by atoms with van der Waals surface area (Å²) in [6, 6.07) is 0. The lowest BCUT2D eigenvalue weighted by Gasteiger charge is -2.48. The van der Waals surface area contributed by atoms with Crippen molar-refractivity contribution in [2.24, 2.45) is 69.0 Å². The molecule has 0 aliphatic heterocycles. The first-order chi connectivity index (χ1) is 25.9. The lowest BCUT2D eigenvalue weighted by molar-refractivity contribution is -0.201. The number of ketones is 2. The second-order valence-electron chi connectivity index (χ2n) is 19.9. The predicted molar refractivity (Wildman–Crippen MR) is 206 cm³/mol. The van der Waals surface area contributed by atoms with Gasteiger partial charge in [-0.15, -0.1) is 0 Å². The molecule has 0 aromatic rings. The molecule has 11 nitrogen and oxygen atoms in total. The number of esters is 1. The first kappa shape index (κ1) is 41.4. The Morgan fingerprint density at radius 2 is 1.16 bits per heavy atom. The molecule has 308 valence electrons. The van der Waals surface area contributed by atoms with Gasteiger partial charge in [0.05, 0.1) is 24.0 Å². The smallest absolute Gasteiger partial charge is 0.334 e. The first-order valence-corrected chi connectivity index (χ1v) is 20.4. The number of hydrogen-bond acceptors (Lipinski definition) is 11. The number of hydrogen-bond donors (Lipinski definition) is 7. The minimum Gasteiger partial charge on any atom is -0.451 e. The van der Waals surface area contributed by atoms with E-state index < -0.39 is 77.5 Å². The van der Waals surface area contributed by atoms with Crippen molar-refractivity contribution in [3.8, 4) is 0 Å². The zero-order valence-corrected chi connectivity index (χ0v) is 34.4. The summed E-state index contributed by atoms with van der Waals surface area (Å²) >= 11 is 0. The van der Waals surface area contributed by atoms with Gasteiger partial charge in [-0.3, -0.25) is 9.59 Å². The molecule has 56 heavy (non-hydrogen) atoms. The molecule has 8 rings (SSSR count). The number of carbonyl (C=O) groups excluding carboxylic acids is 3. The molecule has 4 saturated carbocycles. The fourth-order valence-corrected chi connectivity index (χ4v) is 13.3. The molecule has 0 aromatic heterocycles. The van der Waals surface area contributed by atoms with Crippen LogP contribution in [0, 0.1) is 69.0 Å². The number of ether oxygens (including phenoxy) is 1. The van der Waals surface area contributed by atoms with E-state index in [2.05, 4.69) is 27.7 Å². The quantitative estimate of drug-likeness (QED) is 0.126. The summed E-state index contributed by atoms with van der Waals surface area (Å²) in [6.07, 6.45) is 4.38. The Morgan fingerprint density at radius 3 is 1.59 bits per heavy atom. The van der Waals surface area contributed by atoms with E-state index in [0.29, 0.717) is 28.6 Å². The van der Waals surface area contributed by atoms with Crippen LogP contribution in [0.2, 0.25) is 0 Å². The zero-order valence-electron chi connectivity index (χ0n) is 34.4. The van der Waals surface area contributed by atoms with Crippen LogP contribution >= 0.6 is 0 Å². The van der Waals surface area contributed by atoms with E-state index in [1.807, 2.05) is 13.8 Å². The maximum absolute atomic E-state index is 14.2. The second kappa shape index (κ2) is 12.9. The van der Waals surface area contributed by atoms with Crippen molar-refractivity contribution in [3.63, 3.8) is 0 Å². The van der Waals surface area contributed by atoms with Crippen LogP contribution in [-0.2, 0) is 19.1 Å². The molecule has 4 unspecified atom stereocenters. The van der Waals surface area contributed by atoms with Gasteiger partial charge in [0.1, 0.15) is 23.9 Å². The zero-order chi connectivity index (χ0) is 41.6. The number of aliphatic hydroxyl groups is 7. The van der Waals surface area contributed by atoms with Gasteiger partial charge in [0.15, 0.2) is 23.3 Å². The number of aliphatic hydroxyl groups excluding tert-OH is 5. The average Bonchev–Trinajstić information content (AvgIpc) is 3.86. The van der Waals surface area contributed by atoms with Crippen molar-refractivity contribution in [1.29, 1.82) is 0 Å². The summed E-state index contributed by atoms with van der Waals surface area (Å²) in [5, 5.41) is 76.7. The first-order valence-electron chi connectivity index (χ1n) is 20.4. The van der Waals surface area contributed by atoms with Gasteiger partial charge in [-0.05, 0) is 109 Å². The molecule has 0 heterocycles. The van der Waals surface area contributed by atoms with Crippen LogP contribution < -0.4 is 0 Å². The van der Waals surface area contributed by atoms with Crippen LogP contribution in [0.15, 0.2) is 58.2 Å². The molecule has 11 heteroatoms. The van der Waals surface area contributed by atoms with Crippen LogP contribution in [-0.4, -0.2) is 102 Å². The summed E-state index contributed by atoms with van der Waals surface area (Å²) in [4.78, 5) is 40.5. The average molecular weight is 779 g/mol. The van der Waals surface area contributed by atoms with Gasteiger partial charge in [0, 0.05) is 17.4 Å². The molecular weight excluding hydrogens is 716 g/mol. The summed E-state index contributed by atoms with van der Waals surface area (Å²) < 4.78 is 5.72. The van der Waals surface area contributed by atoms with Gasteiger partial charge < -0.3 is 40.5 Å². The number of allylic oxidation sites excluding steroid dienone is 3. The minimum atomic E-state index is -2.08. The molecule has 8 aliphatic rings. The normalized spacial score (nSPS) is 49.0. The van der Waals surface area contributed by atoms with Gasteiger partial charge >= 0.3 is 5.97 Å². The molecule has 4 bridgehead atoms. The number of rotatable bonds is 4. The Hall–Kier alpha value is -2.77. The van der Waals surface area contributed by atoms with Crippen molar-refractivity contribution in [2.75, 3.05) is 13.2 Å². The summed E-state index contributed by atoms with van der Waals surface area (Å²) in [6.45, 7) is 18.3. The summed E-state index contributed by atoms with van der Waals surface area (Å²) in [7, 11) is 0. The Balaban J connectivity index is 0.000000175. The lowest BCUT2D eigenvalue weighted by atomic mass is 9.59. The van der Waals surface area contributed by atoms with Crippen LogP contribution in [0.1, 0.15) is 82.1 Å². The highest BCUT2D eigenvalue weighted by atomic mass is 16.6. The van der Waals surface area contributed by atoms with Crippen LogP contribution in [0.4, 0.5) is 0 Å². The highest BCUT2D eigenvalue weighted by Gasteiger charge is 2.78. The van der Waals surface area contributed by atoms with E-state index in [1.165, 1.54) is 0 Å². The Bertz CT molecular complexity index is 1900. The predicted octanol–water partition coefficient (Wildman–Crippen LogP) is 3.15. The van der Waals surface area contributed by atoms with Gasteiger partial charge in [-0.25, -0.2) is 4.79 Å². The van der Waals surface area contributed by atoms with Gasteiger partial charge in [-0.2, -0.15) is 0 Å². The van der Waals surface area contributed by atoms with E-state index in [4.69, 9.17) is 4.74 Å². The fourth-order valence-electron chi connectivity index (χ4n) is 13.3. The number of fused-ring (bicyclic) bond motifs is 6. The lowest BCUT2D eigenvalue weighted by Crippen LogP contribution is -2.65. The third-order valence-corrected chi connectivity index (χ3v) is 16.8. The van der Waals surface area contributed by atoms with Crippen molar-refractivity contribution >= 4 is 17.5 Å². The minimum absolute atomic E-state index is 0.0209. The monoisotopic (exact) mass is 778 g/mol. The largest absolute Gasteiger partial charge is 0.451 e. The third-order valence-electron chi connectivity index (χ3n) is 16.8. The topological polar surface area (TPSA) is 202 Å².